The van der Waals surface area contributed by atoms with E-state index in [0.29, 0.717) is 17.8 Å². The first kappa shape index (κ1) is 13.4. The fourth-order valence-electron chi connectivity index (χ4n) is 3.25. The third kappa shape index (κ3) is 2.51. The number of rotatable bonds is 2. The van der Waals surface area contributed by atoms with Crippen molar-refractivity contribution in [3.05, 3.63) is 23.5 Å². The quantitative estimate of drug-likeness (QED) is 0.870. The van der Waals surface area contributed by atoms with Gasteiger partial charge in [-0.05, 0) is 36.3 Å². The smallest absolute Gasteiger partial charge is 0.195 e. The monoisotopic (exact) mass is 272 g/mol. The number of hydrogen-bond acceptors (Lipinski definition) is 4. The van der Waals surface area contributed by atoms with Crippen molar-refractivity contribution in [2.75, 3.05) is 18.4 Å². The van der Waals surface area contributed by atoms with E-state index in [9.17, 15) is 0 Å². The summed E-state index contributed by atoms with van der Waals surface area (Å²) in [6.07, 6.45) is 4.48. The van der Waals surface area contributed by atoms with Crippen LogP contribution >= 0.6 is 0 Å². The molecule has 20 heavy (non-hydrogen) atoms. The number of aliphatic imine (C=N–C) groups is 1. The predicted octanol–water partition coefficient (Wildman–Crippen LogP) is 3.09. The number of nitrogens with zero attached hydrogens (tertiary/aromatic N) is 2. The summed E-state index contributed by atoms with van der Waals surface area (Å²) in [7, 11) is 0. The molecule has 108 valence electrons. The van der Waals surface area contributed by atoms with Crippen LogP contribution in [0.3, 0.4) is 0 Å². The van der Waals surface area contributed by atoms with Gasteiger partial charge in [0, 0.05) is 18.2 Å². The molecular formula is C16H24N4. The minimum absolute atomic E-state index is 0.604. The molecule has 2 heterocycles. The van der Waals surface area contributed by atoms with Crippen molar-refractivity contribution in [1.82, 2.24) is 10.3 Å². The molecule has 2 N–H and O–H groups in total. The second-order valence-corrected chi connectivity index (χ2v) is 6.31. The Morgan fingerprint density at radius 2 is 2.20 bits per heavy atom. The predicted molar refractivity (Wildman–Crippen MR) is 83.4 cm³/mol. The highest BCUT2D eigenvalue weighted by Crippen LogP contribution is 2.41. The van der Waals surface area contributed by atoms with Gasteiger partial charge in [0.05, 0.1) is 18.4 Å². The first-order valence-electron chi connectivity index (χ1n) is 7.70. The van der Waals surface area contributed by atoms with E-state index in [1.165, 1.54) is 24.1 Å². The van der Waals surface area contributed by atoms with Crippen molar-refractivity contribution < 1.29 is 0 Å². The number of pyridine rings is 1. The van der Waals surface area contributed by atoms with Crippen molar-refractivity contribution >= 4 is 11.6 Å². The van der Waals surface area contributed by atoms with Crippen molar-refractivity contribution in [3.63, 3.8) is 0 Å². The highest BCUT2D eigenvalue weighted by atomic mass is 15.2. The van der Waals surface area contributed by atoms with Crippen molar-refractivity contribution in [2.45, 2.75) is 45.4 Å². The zero-order valence-electron chi connectivity index (χ0n) is 12.6. The van der Waals surface area contributed by atoms with E-state index in [4.69, 9.17) is 4.98 Å². The summed E-state index contributed by atoms with van der Waals surface area (Å²) in [6.45, 7) is 8.69. The average molecular weight is 272 g/mol. The van der Waals surface area contributed by atoms with E-state index in [0.717, 1.165) is 24.7 Å². The van der Waals surface area contributed by atoms with Gasteiger partial charge in [-0.15, -0.1) is 0 Å². The van der Waals surface area contributed by atoms with E-state index >= 15 is 0 Å². The number of fused-ring (bicyclic) bond motifs is 1. The van der Waals surface area contributed by atoms with Crippen LogP contribution in [0.1, 0.15) is 56.7 Å². The van der Waals surface area contributed by atoms with Gasteiger partial charge in [0.25, 0.3) is 0 Å². The van der Waals surface area contributed by atoms with Crippen LogP contribution < -0.4 is 10.6 Å². The lowest BCUT2D eigenvalue weighted by Crippen LogP contribution is -2.26. The average Bonchev–Trinajstić information content (AvgIpc) is 2.92. The SMILES string of the molecule is CC(C)[C@@H]1CC[C@@H](C)c2cc(NC3=NCCN3)cnc21. The van der Waals surface area contributed by atoms with E-state index in [-0.39, 0.29) is 0 Å². The Morgan fingerprint density at radius 1 is 1.35 bits per heavy atom. The Hall–Kier alpha value is -1.58. The van der Waals surface area contributed by atoms with Crippen molar-refractivity contribution in [3.8, 4) is 0 Å². The molecule has 0 amide bonds. The summed E-state index contributed by atoms with van der Waals surface area (Å²) in [6, 6.07) is 2.27. The van der Waals surface area contributed by atoms with E-state index < -0.39 is 0 Å². The standard InChI is InChI=1S/C16H24N4/c1-10(2)13-5-4-11(3)14-8-12(9-19-15(13)14)20-16-17-6-7-18-16/h8-11,13H,4-7H2,1-3H3,(H2,17,18,20)/t11-,13+/m1/s1. The Morgan fingerprint density at radius 3 is 2.90 bits per heavy atom. The summed E-state index contributed by atoms with van der Waals surface area (Å²) in [5.74, 6) is 2.74. The minimum atomic E-state index is 0.604. The van der Waals surface area contributed by atoms with Gasteiger partial charge >= 0.3 is 0 Å². The summed E-state index contributed by atoms with van der Waals surface area (Å²) >= 11 is 0. The molecule has 0 spiro atoms. The Kier molecular flexibility index (Phi) is 3.64. The number of anilines is 1. The minimum Gasteiger partial charge on any atom is -0.354 e. The summed E-state index contributed by atoms with van der Waals surface area (Å²) in [5.41, 5.74) is 3.78. The Balaban J connectivity index is 1.88. The van der Waals surface area contributed by atoms with Crippen LogP contribution in [0.2, 0.25) is 0 Å². The molecule has 0 aromatic carbocycles. The summed E-state index contributed by atoms with van der Waals surface area (Å²) in [5, 5.41) is 6.57. The Labute approximate surface area is 121 Å². The molecule has 2 aliphatic rings. The van der Waals surface area contributed by atoms with E-state index in [2.05, 4.69) is 42.5 Å². The fraction of sp³-hybridized carbons (Fsp3) is 0.625. The van der Waals surface area contributed by atoms with Crippen LogP contribution in [0.5, 0.6) is 0 Å². The first-order chi connectivity index (χ1) is 9.65. The zero-order valence-corrected chi connectivity index (χ0v) is 12.6. The highest BCUT2D eigenvalue weighted by molar-refractivity contribution is 5.94. The van der Waals surface area contributed by atoms with E-state index in [1.54, 1.807) is 0 Å². The van der Waals surface area contributed by atoms with Crippen LogP contribution in [0.25, 0.3) is 0 Å². The van der Waals surface area contributed by atoms with Gasteiger partial charge in [-0.25, -0.2) is 0 Å². The zero-order chi connectivity index (χ0) is 14.1. The third-order valence-electron chi connectivity index (χ3n) is 4.48. The number of hydrogen-bond donors (Lipinski definition) is 2. The molecule has 0 saturated heterocycles. The fourth-order valence-corrected chi connectivity index (χ4v) is 3.25. The number of aromatic nitrogens is 1. The topological polar surface area (TPSA) is 49.3 Å². The lowest BCUT2D eigenvalue weighted by molar-refractivity contribution is 0.400. The van der Waals surface area contributed by atoms with Gasteiger partial charge in [0.15, 0.2) is 5.96 Å². The highest BCUT2D eigenvalue weighted by Gasteiger charge is 2.28. The molecule has 4 heteroatoms. The van der Waals surface area contributed by atoms with Gasteiger partial charge < -0.3 is 10.6 Å². The molecule has 0 bridgehead atoms. The Bertz CT molecular complexity index is 521. The second kappa shape index (κ2) is 5.43. The number of guanidine groups is 1. The molecule has 4 nitrogen and oxygen atoms in total. The normalized spacial score (nSPS) is 25.1. The first-order valence-corrected chi connectivity index (χ1v) is 7.70. The van der Waals surface area contributed by atoms with Crippen LogP contribution in [-0.4, -0.2) is 24.0 Å². The van der Waals surface area contributed by atoms with Crippen LogP contribution in [0.15, 0.2) is 17.3 Å². The molecule has 0 radical (unpaired) electrons. The van der Waals surface area contributed by atoms with Gasteiger partial charge in [-0.1, -0.05) is 20.8 Å². The van der Waals surface area contributed by atoms with Crippen molar-refractivity contribution in [2.24, 2.45) is 10.9 Å². The molecule has 0 fully saturated rings. The molecule has 2 atom stereocenters. The van der Waals surface area contributed by atoms with Gasteiger partial charge in [0.2, 0.25) is 0 Å². The maximum atomic E-state index is 4.77. The van der Waals surface area contributed by atoms with Gasteiger partial charge in [-0.2, -0.15) is 0 Å². The maximum Gasteiger partial charge on any atom is 0.195 e. The molecule has 1 aromatic heterocycles. The lowest BCUT2D eigenvalue weighted by Gasteiger charge is -2.31. The van der Waals surface area contributed by atoms with Crippen LogP contribution in [0.4, 0.5) is 5.69 Å². The van der Waals surface area contributed by atoms with Gasteiger partial charge in [0.1, 0.15) is 0 Å². The molecule has 1 aliphatic heterocycles. The van der Waals surface area contributed by atoms with E-state index in [1.807, 2.05) is 6.20 Å². The molecule has 0 saturated carbocycles. The second-order valence-electron chi connectivity index (χ2n) is 6.31. The van der Waals surface area contributed by atoms with Crippen LogP contribution in [-0.2, 0) is 0 Å². The molecule has 0 unspecified atom stereocenters. The molecule has 3 rings (SSSR count). The van der Waals surface area contributed by atoms with Crippen LogP contribution in [0, 0.1) is 5.92 Å². The number of nitrogens with one attached hydrogen (secondary N) is 2. The molecule has 1 aromatic rings. The largest absolute Gasteiger partial charge is 0.354 e. The molecule has 1 aliphatic carbocycles. The summed E-state index contributed by atoms with van der Waals surface area (Å²) in [4.78, 5) is 9.14. The molecular weight excluding hydrogens is 248 g/mol. The third-order valence-corrected chi connectivity index (χ3v) is 4.48. The summed E-state index contributed by atoms with van der Waals surface area (Å²) < 4.78 is 0. The van der Waals surface area contributed by atoms with Gasteiger partial charge in [-0.3, -0.25) is 9.98 Å². The maximum absolute atomic E-state index is 4.77. The van der Waals surface area contributed by atoms with Crippen molar-refractivity contribution in [1.29, 1.82) is 0 Å². The lowest BCUT2D eigenvalue weighted by atomic mass is 9.76.